The number of rotatable bonds is 8. The highest BCUT2D eigenvalue weighted by Crippen LogP contribution is 2.35. The second-order valence-corrected chi connectivity index (χ2v) is 9.35. The number of likely N-dealkylation sites (tertiary alicyclic amines) is 1. The average Bonchev–Trinajstić information content (AvgIpc) is 3.63. The lowest BCUT2D eigenvalue weighted by Gasteiger charge is -2.34. The SMILES string of the molecule is CCN(CC)[C@H](C(=O)N1CCC[C@H]1c1ncc(-c2ccc(-c3ccccc3)cc2)[nH]1)c1ccccc1. The van der Waals surface area contributed by atoms with E-state index in [-0.39, 0.29) is 18.0 Å². The van der Waals surface area contributed by atoms with Gasteiger partial charge in [0, 0.05) is 6.54 Å². The van der Waals surface area contributed by atoms with E-state index >= 15 is 0 Å². The third-order valence-corrected chi connectivity index (χ3v) is 7.28. The summed E-state index contributed by atoms with van der Waals surface area (Å²) in [5.41, 5.74) is 5.52. The smallest absolute Gasteiger partial charge is 0.245 e. The minimum Gasteiger partial charge on any atom is -0.340 e. The van der Waals surface area contributed by atoms with Crippen molar-refractivity contribution in [2.45, 2.75) is 38.8 Å². The Balaban J connectivity index is 1.38. The molecule has 184 valence electrons. The summed E-state index contributed by atoms with van der Waals surface area (Å²) in [5.74, 6) is 1.03. The van der Waals surface area contributed by atoms with Crippen LogP contribution in [0, 0.1) is 0 Å². The lowest BCUT2D eigenvalue weighted by molar-refractivity contribution is -0.138. The number of H-pyrrole nitrogens is 1. The van der Waals surface area contributed by atoms with Crippen molar-refractivity contribution in [1.82, 2.24) is 19.8 Å². The van der Waals surface area contributed by atoms with Crippen LogP contribution < -0.4 is 0 Å². The Bertz CT molecular complexity index is 1260. The first-order valence-electron chi connectivity index (χ1n) is 13.0. The van der Waals surface area contributed by atoms with E-state index in [1.807, 2.05) is 35.4 Å². The molecular weight excluding hydrogens is 444 g/mol. The van der Waals surface area contributed by atoms with Crippen LogP contribution >= 0.6 is 0 Å². The van der Waals surface area contributed by atoms with Crippen molar-refractivity contribution in [3.63, 3.8) is 0 Å². The molecular formula is C31H34N4O. The molecule has 1 aliphatic rings. The van der Waals surface area contributed by atoms with Crippen LogP contribution in [0.4, 0.5) is 0 Å². The molecule has 0 bridgehead atoms. The third-order valence-electron chi connectivity index (χ3n) is 7.28. The molecule has 0 saturated carbocycles. The second-order valence-electron chi connectivity index (χ2n) is 9.35. The number of nitrogens with zero attached hydrogens (tertiary/aromatic N) is 3. The lowest BCUT2D eigenvalue weighted by atomic mass is 10.0. The van der Waals surface area contributed by atoms with Crippen LogP contribution in [-0.4, -0.2) is 45.3 Å². The lowest BCUT2D eigenvalue weighted by Crippen LogP contribution is -2.43. The monoisotopic (exact) mass is 478 g/mol. The maximum atomic E-state index is 14.0. The van der Waals surface area contributed by atoms with Gasteiger partial charge in [-0.15, -0.1) is 0 Å². The fourth-order valence-electron chi connectivity index (χ4n) is 5.33. The number of hydrogen-bond acceptors (Lipinski definition) is 3. The van der Waals surface area contributed by atoms with Gasteiger partial charge in [0.1, 0.15) is 11.9 Å². The predicted octanol–water partition coefficient (Wildman–Crippen LogP) is 6.49. The summed E-state index contributed by atoms with van der Waals surface area (Å²) in [6, 6.07) is 28.8. The standard InChI is InChI=1S/C31H34N4O/c1-3-34(4-2)29(26-14-9-6-10-15-26)31(36)35-21-11-16-28(35)30-32-22-27(33-30)25-19-17-24(18-20-25)23-12-7-5-8-13-23/h5-10,12-15,17-20,22,28-29H,3-4,11,16,21H2,1-2H3,(H,32,33)/t28-,29-/m0/s1. The highest BCUT2D eigenvalue weighted by Gasteiger charge is 2.37. The number of amides is 1. The molecule has 5 rings (SSSR count). The molecule has 36 heavy (non-hydrogen) atoms. The molecule has 1 N–H and O–H groups in total. The van der Waals surface area contributed by atoms with Crippen molar-refractivity contribution in [2.24, 2.45) is 0 Å². The Morgan fingerprint density at radius 2 is 1.53 bits per heavy atom. The Morgan fingerprint density at radius 1 is 0.917 bits per heavy atom. The minimum atomic E-state index is -0.276. The van der Waals surface area contributed by atoms with Gasteiger partial charge in [-0.2, -0.15) is 0 Å². The van der Waals surface area contributed by atoms with Gasteiger partial charge < -0.3 is 9.88 Å². The quantitative estimate of drug-likeness (QED) is 0.315. The summed E-state index contributed by atoms with van der Waals surface area (Å²) < 4.78 is 0. The number of nitrogens with one attached hydrogen (secondary N) is 1. The van der Waals surface area contributed by atoms with E-state index in [0.29, 0.717) is 0 Å². The van der Waals surface area contributed by atoms with E-state index in [1.165, 1.54) is 11.1 Å². The van der Waals surface area contributed by atoms with Gasteiger partial charge >= 0.3 is 0 Å². The largest absolute Gasteiger partial charge is 0.340 e. The fraction of sp³-hybridized carbons (Fsp3) is 0.290. The molecule has 5 heteroatoms. The molecule has 1 aliphatic heterocycles. The Hall–Kier alpha value is -3.70. The minimum absolute atomic E-state index is 0.0309. The van der Waals surface area contributed by atoms with Gasteiger partial charge in [0.15, 0.2) is 0 Å². The number of aromatic nitrogens is 2. The van der Waals surface area contributed by atoms with E-state index in [0.717, 1.165) is 55.1 Å². The van der Waals surface area contributed by atoms with Crippen LogP contribution in [0.3, 0.4) is 0 Å². The highest BCUT2D eigenvalue weighted by atomic mass is 16.2. The van der Waals surface area contributed by atoms with E-state index in [1.54, 1.807) is 0 Å². The molecule has 2 atom stereocenters. The van der Waals surface area contributed by atoms with Crippen molar-refractivity contribution < 1.29 is 4.79 Å². The van der Waals surface area contributed by atoms with E-state index in [2.05, 4.69) is 84.4 Å². The van der Waals surface area contributed by atoms with Gasteiger partial charge in [0.05, 0.1) is 17.9 Å². The maximum absolute atomic E-state index is 14.0. The van der Waals surface area contributed by atoms with E-state index < -0.39 is 0 Å². The molecule has 3 aromatic carbocycles. The average molecular weight is 479 g/mol. The third kappa shape index (κ3) is 4.84. The van der Waals surface area contributed by atoms with Crippen LogP contribution in [-0.2, 0) is 4.79 Å². The van der Waals surface area contributed by atoms with Crippen molar-refractivity contribution >= 4 is 5.91 Å². The summed E-state index contributed by atoms with van der Waals surface area (Å²) in [4.78, 5) is 26.5. The van der Waals surface area contributed by atoms with E-state index in [9.17, 15) is 4.79 Å². The summed E-state index contributed by atoms with van der Waals surface area (Å²) in [5, 5.41) is 0. The summed E-state index contributed by atoms with van der Waals surface area (Å²) in [6.07, 6.45) is 3.80. The summed E-state index contributed by atoms with van der Waals surface area (Å²) in [6.45, 7) is 6.65. The van der Waals surface area contributed by atoms with Crippen LogP contribution in [0.5, 0.6) is 0 Å². The van der Waals surface area contributed by atoms with Crippen LogP contribution in [0.25, 0.3) is 22.4 Å². The molecule has 1 aromatic heterocycles. The topological polar surface area (TPSA) is 52.2 Å². The van der Waals surface area contributed by atoms with Gasteiger partial charge in [-0.1, -0.05) is 98.8 Å². The Kier molecular flexibility index (Phi) is 7.28. The van der Waals surface area contributed by atoms with Gasteiger partial charge in [0.25, 0.3) is 0 Å². The zero-order valence-corrected chi connectivity index (χ0v) is 21.1. The van der Waals surface area contributed by atoms with Crippen molar-refractivity contribution in [3.05, 3.63) is 103 Å². The molecule has 0 radical (unpaired) electrons. The molecule has 1 fully saturated rings. The highest BCUT2D eigenvalue weighted by molar-refractivity contribution is 5.84. The first-order chi connectivity index (χ1) is 17.7. The van der Waals surface area contributed by atoms with Crippen LogP contribution in [0.1, 0.15) is 50.2 Å². The summed E-state index contributed by atoms with van der Waals surface area (Å²) >= 11 is 0. The molecule has 0 unspecified atom stereocenters. The summed E-state index contributed by atoms with van der Waals surface area (Å²) in [7, 11) is 0. The first-order valence-corrected chi connectivity index (χ1v) is 13.0. The number of hydrogen-bond donors (Lipinski definition) is 1. The van der Waals surface area contributed by atoms with Gasteiger partial charge in [-0.05, 0) is 48.2 Å². The molecule has 5 nitrogen and oxygen atoms in total. The Labute approximate surface area is 213 Å². The van der Waals surface area contributed by atoms with Crippen LogP contribution in [0.15, 0.2) is 91.1 Å². The normalized spacial score (nSPS) is 16.4. The molecule has 1 saturated heterocycles. The Morgan fingerprint density at radius 3 is 2.19 bits per heavy atom. The zero-order valence-electron chi connectivity index (χ0n) is 21.1. The molecule has 0 aliphatic carbocycles. The molecule has 1 amide bonds. The number of carbonyl (C=O) groups is 1. The second kappa shape index (κ2) is 10.9. The van der Waals surface area contributed by atoms with Gasteiger partial charge in [0.2, 0.25) is 5.91 Å². The number of carbonyl (C=O) groups excluding carboxylic acids is 1. The number of benzene rings is 3. The fourth-order valence-corrected chi connectivity index (χ4v) is 5.33. The first kappa shape index (κ1) is 24.0. The zero-order chi connectivity index (χ0) is 24.9. The number of aromatic amines is 1. The van der Waals surface area contributed by atoms with Crippen LogP contribution in [0.2, 0.25) is 0 Å². The van der Waals surface area contributed by atoms with Gasteiger partial charge in [-0.3, -0.25) is 9.69 Å². The maximum Gasteiger partial charge on any atom is 0.245 e. The van der Waals surface area contributed by atoms with Crippen molar-refractivity contribution in [3.8, 4) is 22.4 Å². The number of likely N-dealkylation sites (N-methyl/N-ethyl adjacent to an activating group) is 1. The predicted molar refractivity (Wildman–Crippen MR) is 145 cm³/mol. The van der Waals surface area contributed by atoms with E-state index in [4.69, 9.17) is 4.98 Å². The molecule has 2 heterocycles. The van der Waals surface area contributed by atoms with Crippen molar-refractivity contribution in [2.75, 3.05) is 19.6 Å². The molecule has 0 spiro atoms. The van der Waals surface area contributed by atoms with Gasteiger partial charge in [-0.25, -0.2) is 4.98 Å². The number of imidazole rings is 1. The van der Waals surface area contributed by atoms with Crippen molar-refractivity contribution in [1.29, 1.82) is 0 Å². The molecule has 4 aromatic rings.